The fraction of sp³-hybridized carbons (Fsp3) is 0.944. The molecule has 0 aromatic rings. The Hall–Kier alpha value is -0.700. The van der Waals surface area contributed by atoms with E-state index >= 15 is 0 Å². The van der Waals surface area contributed by atoms with Crippen LogP contribution in [0.15, 0.2) is 0 Å². The first-order valence-corrected chi connectivity index (χ1v) is 11.5. The van der Waals surface area contributed by atoms with Crippen LogP contribution in [0.3, 0.4) is 0 Å². The van der Waals surface area contributed by atoms with Crippen molar-refractivity contribution in [2.24, 2.45) is 5.92 Å². The standard InChI is InChI=1S/C18H35N3O4S/c1-4-12-26(23,24)21-7-5-6-17(21)18(22)19-14-16(13-15(2)3)20-8-10-25-11-9-20/h15-17H,4-14H2,1-3H3,(H,19,22). The van der Waals surface area contributed by atoms with Crippen LogP contribution in [0.4, 0.5) is 0 Å². The molecule has 2 saturated heterocycles. The minimum Gasteiger partial charge on any atom is -0.379 e. The summed E-state index contributed by atoms with van der Waals surface area (Å²) in [5.74, 6) is 0.498. The summed E-state index contributed by atoms with van der Waals surface area (Å²) < 4.78 is 31.7. The van der Waals surface area contributed by atoms with Crippen LogP contribution in [0.2, 0.25) is 0 Å². The third kappa shape index (κ3) is 5.90. The normalized spacial score (nSPS) is 24.1. The van der Waals surface area contributed by atoms with Crippen molar-refractivity contribution in [3.05, 3.63) is 0 Å². The first kappa shape index (κ1) is 21.6. The molecule has 2 aliphatic heterocycles. The molecule has 0 radical (unpaired) electrons. The van der Waals surface area contributed by atoms with Crippen molar-refractivity contribution >= 4 is 15.9 Å². The van der Waals surface area contributed by atoms with Crippen molar-refractivity contribution in [1.29, 1.82) is 0 Å². The minimum atomic E-state index is -3.34. The van der Waals surface area contributed by atoms with E-state index < -0.39 is 16.1 Å². The number of hydrogen-bond acceptors (Lipinski definition) is 5. The number of nitrogens with one attached hydrogen (secondary N) is 1. The van der Waals surface area contributed by atoms with E-state index in [-0.39, 0.29) is 17.7 Å². The zero-order chi connectivity index (χ0) is 19.2. The van der Waals surface area contributed by atoms with Gasteiger partial charge in [-0.3, -0.25) is 9.69 Å². The van der Waals surface area contributed by atoms with Gasteiger partial charge < -0.3 is 10.1 Å². The zero-order valence-electron chi connectivity index (χ0n) is 16.4. The SMILES string of the molecule is CCCS(=O)(=O)N1CCCC1C(=O)NCC(CC(C)C)N1CCOCC1. The van der Waals surface area contributed by atoms with Crippen molar-refractivity contribution < 1.29 is 17.9 Å². The van der Waals surface area contributed by atoms with Crippen LogP contribution < -0.4 is 5.32 Å². The van der Waals surface area contributed by atoms with Gasteiger partial charge in [0.1, 0.15) is 6.04 Å². The summed E-state index contributed by atoms with van der Waals surface area (Å²) in [6.07, 6.45) is 2.94. The van der Waals surface area contributed by atoms with Crippen molar-refractivity contribution in [2.75, 3.05) is 45.1 Å². The summed E-state index contributed by atoms with van der Waals surface area (Å²) in [4.78, 5) is 15.1. The minimum absolute atomic E-state index is 0.112. The van der Waals surface area contributed by atoms with Crippen molar-refractivity contribution in [2.45, 2.75) is 58.5 Å². The third-order valence-electron chi connectivity index (χ3n) is 5.14. The first-order chi connectivity index (χ1) is 12.3. The zero-order valence-corrected chi connectivity index (χ0v) is 17.3. The van der Waals surface area contributed by atoms with Gasteiger partial charge in [0.05, 0.1) is 19.0 Å². The van der Waals surface area contributed by atoms with Gasteiger partial charge >= 0.3 is 0 Å². The third-order valence-corrected chi connectivity index (χ3v) is 7.22. The highest BCUT2D eigenvalue weighted by Crippen LogP contribution is 2.22. The van der Waals surface area contributed by atoms with Gasteiger partial charge in [0, 0.05) is 32.2 Å². The molecular weight excluding hydrogens is 354 g/mol. The average Bonchev–Trinajstić information content (AvgIpc) is 3.09. The van der Waals surface area contributed by atoms with E-state index in [9.17, 15) is 13.2 Å². The quantitative estimate of drug-likeness (QED) is 0.638. The van der Waals surface area contributed by atoms with Crippen LogP contribution in [0.5, 0.6) is 0 Å². The van der Waals surface area contributed by atoms with Gasteiger partial charge in [-0.25, -0.2) is 8.42 Å². The molecule has 2 heterocycles. The number of amides is 1. The average molecular weight is 390 g/mol. The summed E-state index contributed by atoms with van der Waals surface area (Å²) in [6.45, 7) is 10.5. The molecule has 1 amide bonds. The number of carbonyl (C=O) groups is 1. The van der Waals surface area contributed by atoms with Crippen molar-refractivity contribution in [1.82, 2.24) is 14.5 Å². The van der Waals surface area contributed by atoms with Gasteiger partial charge in [-0.05, 0) is 31.6 Å². The molecule has 2 fully saturated rings. The molecule has 2 atom stereocenters. The number of rotatable bonds is 9. The van der Waals surface area contributed by atoms with E-state index in [4.69, 9.17) is 4.74 Å². The smallest absolute Gasteiger partial charge is 0.238 e. The second-order valence-corrected chi connectivity index (χ2v) is 9.80. The maximum Gasteiger partial charge on any atom is 0.238 e. The van der Waals surface area contributed by atoms with Gasteiger partial charge in [0.2, 0.25) is 15.9 Å². The molecule has 7 nitrogen and oxygen atoms in total. The van der Waals surface area contributed by atoms with E-state index in [2.05, 4.69) is 24.1 Å². The largest absolute Gasteiger partial charge is 0.379 e. The van der Waals surface area contributed by atoms with E-state index in [1.807, 2.05) is 6.92 Å². The molecule has 0 bridgehead atoms. The lowest BCUT2D eigenvalue weighted by molar-refractivity contribution is -0.124. The summed E-state index contributed by atoms with van der Waals surface area (Å²) in [5.41, 5.74) is 0. The summed E-state index contributed by atoms with van der Waals surface area (Å²) in [5, 5.41) is 3.04. The highest BCUT2D eigenvalue weighted by atomic mass is 32.2. The number of nitrogens with zero attached hydrogens (tertiary/aromatic N) is 2. The molecule has 0 spiro atoms. The van der Waals surface area contributed by atoms with Crippen LogP contribution in [-0.2, 0) is 19.6 Å². The Bertz CT molecular complexity index is 547. The number of hydrogen-bond donors (Lipinski definition) is 1. The maximum atomic E-state index is 12.7. The molecule has 152 valence electrons. The molecule has 2 aliphatic rings. The van der Waals surface area contributed by atoms with Crippen molar-refractivity contribution in [3.8, 4) is 0 Å². The Balaban J connectivity index is 1.95. The van der Waals surface area contributed by atoms with Gasteiger partial charge in [0.25, 0.3) is 0 Å². The second-order valence-electron chi connectivity index (χ2n) is 7.76. The van der Waals surface area contributed by atoms with Gasteiger partial charge in [-0.2, -0.15) is 4.31 Å². The van der Waals surface area contributed by atoms with E-state index in [0.29, 0.717) is 31.8 Å². The predicted octanol–water partition coefficient (Wildman–Crippen LogP) is 1.05. The molecule has 2 unspecified atom stereocenters. The highest BCUT2D eigenvalue weighted by Gasteiger charge is 2.38. The molecule has 0 aromatic carbocycles. The molecule has 0 aromatic heterocycles. The Morgan fingerprint density at radius 1 is 1.23 bits per heavy atom. The first-order valence-electron chi connectivity index (χ1n) is 9.94. The summed E-state index contributed by atoms with van der Waals surface area (Å²) >= 11 is 0. The lowest BCUT2D eigenvalue weighted by Gasteiger charge is -2.36. The molecule has 0 aliphatic carbocycles. The number of sulfonamides is 1. The predicted molar refractivity (Wildman–Crippen MR) is 102 cm³/mol. The summed E-state index contributed by atoms with van der Waals surface area (Å²) in [6, 6.07) is -0.277. The molecule has 8 heteroatoms. The Morgan fingerprint density at radius 2 is 1.92 bits per heavy atom. The lowest BCUT2D eigenvalue weighted by Crippen LogP contribution is -2.52. The topological polar surface area (TPSA) is 79.0 Å². The summed E-state index contributed by atoms with van der Waals surface area (Å²) in [7, 11) is -3.34. The molecule has 26 heavy (non-hydrogen) atoms. The van der Waals surface area contributed by atoms with E-state index in [0.717, 1.165) is 39.1 Å². The fourth-order valence-electron chi connectivity index (χ4n) is 3.89. The Kier molecular flexibility index (Phi) is 8.32. The van der Waals surface area contributed by atoms with Crippen LogP contribution >= 0.6 is 0 Å². The molecule has 2 rings (SSSR count). The molecular formula is C18H35N3O4S. The van der Waals surface area contributed by atoms with Crippen LogP contribution in [0.1, 0.15) is 46.5 Å². The number of morpholine rings is 1. The number of ether oxygens (including phenoxy) is 1. The van der Waals surface area contributed by atoms with Crippen LogP contribution in [-0.4, -0.2) is 80.8 Å². The van der Waals surface area contributed by atoms with Gasteiger partial charge in [-0.15, -0.1) is 0 Å². The molecule has 1 N–H and O–H groups in total. The second kappa shape index (κ2) is 10.0. The molecule has 0 saturated carbocycles. The number of carbonyl (C=O) groups excluding carboxylic acids is 1. The monoisotopic (exact) mass is 389 g/mol. The van der Waals surface area contributed by atoms with Crippen LogP contribution in [0.25, 0.3) is 0 Å². The maximum absolute atomic E-state index is 12.7. The van der Waals surface area contributed by atoms with Crippen LogP contribution in [0, 0.1) is 5.92 Å². The fourth-order valence-corrected chi connectivity index (χ4v) is 5.64. The van der Waals surface area contributed by atoms with E-state index in [1.54, 1.807) is 0 Å². The van der Waals surface area contributed by atoms with Gasteiger partial charge in [0.15, 0.2) is 0 Å². The highest BCUT2D eigenvalue weighted by molar-refractivity contribution is 7.89. The van der Waals surface area contributed by atoms with E-state index in [1.165, 1.54) is 4.31 Å². The Morgan fingerprint density at radius 3 is 2.54 bits per heavy atom. The van der Waals surface area contributed by atoms with Crippen molar-refractivity contribution in [3.63, 3.8) is 0 Å². The lowest BCUT2D eigenvalue weighted by atomic mass is 10.0. The van der Waals surface area contributed by atoms with Gasteiger partial charge in [-0.1, -0.05) is 20.8 Å². The Labute approximate surface area is 158 Å².